The minimum absolute atomic E-state index is 0.0907. The van der Waals surface area contributed by atoms with E-state index in [9.17, 15) is 18.0 Å². The lowest BCUT2D eigenvalue weighted by Crippen LogP contribution is -2.28. The number of rotatable bonds is 6. The SMILES string of the molecule is CCn1nccc1C(C)NC(=O)c1cc2nc(-c3ccc(OC)cc3)cc(C(F)(F)F)n2n1. The molecule has 0 spiro atoms. The maximum Gasteiger partial charge on any atom is 0.433 e. The van der Waals surface area contributed by atoms with Crippen LogP contribution in [0.5, 0.6) is 5.75 Å². The zero-order valence-corrected chi connectivity index (χ0v) is 18.1. The van der Waals surface area contributed by atoms with Gasteiger partial charge in [0.15, 0.2) is 17.0 Å². The Balaban J connectivity index is 1.71. The minimum Gasteiger partial charge on any atom is -0.497 e. The lowest BCUT2D eigenvalue weighted by atomic mass is 10.1. The van der Waals surface area contributed by atoms with Crippen molar-refractivity contribution in [2.45, 2.75) is 32.6 Å². The Labute approximate surface area is 187 Å². The van der Waals surface area contributed by atoms with E-state index in [1.165, 1.54) is 13.2 Å². The Bertz CT molecular complexity index is 1290. The summed E-state index contributed by atoms with van der Waals surface area (Å²) in [6.45, 7) is 4.29. The number of alkyl halides is 3. The normalized spacial score (nSPS) is 12.7. The zero-order chi connectivity index (χ0) is 23.8. The van der Waals surface area contributed by atoms with Crippen LogP contribution in [0.25, 0.3) is 16.9 Å². The number of aromatic nitrogens is 5. The number of hydrogen-bond donors (Lipinski definition) is 1. The Morgan fingerprint density at radius 3 is 2.55 bits per heavy atom. The number of amides is 1. The summed E-state index contributed by atoms with van der Waals surface area (Å²) in [5.74, 6) is -0.0475. The molecule has 8 nitrogen and oxygen atoms in total. The molecule has 0 aliphatic carbocycles. The molecule has 3 aromatic heterocycles. The molecule has 172 valence electrons. The molecule has 0 aliphatic heterocycles. The van der Waals surface area contributed by atoms with Gasteiger partial charge in [-0.1, -0.05) is 0 Å². The van der Waals surface area contributed by atoms with Crippen LogP contribution < -0.4 is 10.1 Å². The standard InChI is InChI=1S/C22H21F3N6O2/c1-4-30-18(9-10-26-30)13(2)27-21(32)17-12-20-28-16(14-5-7-15(33-3)8-6-14)11-19(22(23,24)25)31(20)29-17/h5-13H,4H2,1-3H3,(H,27,32). The molecule has 33 heavy (non-hydrogen) atoms. The summed E-state index contributed by atoms with van der Waals surface area (Å²) >= 11 is 0. The highest BCUT2D eigenvalue weighted by Crippen LogP contribution is 2.32. The highest BCUT2D eigenvalue weighted by atomic mass is 19.4. The van der Waals surface area contributed by atoms with Crippen LogP contribution in [0.1, 0.15) is 41.8 Å². The van der Waals surface area contributed by atoms with Crippen molar-refractivity contribution in [3.8, 4) is 17.0 Å². The van der Waals surface area contributed by atoms with Gasteiger partial charge in [0.05, 0.1) is 24.5 Å². The first-order chi connectivity index (χ1) is 15.7. The second kappa shape index (κ2) is 8.57. The number of carbonyl (C=O) groups is 1. The molecule has 0 fully saturated rings. The fourth-order valence-corrected chi connectivity index (χ4v) is 3.52. The van der Waals surface area contributed by atoms with Gasteiger partial charge in [0.25, 0.3) is 5.91 Å². The lowest BCUT2D eigenvalue weighted by molar-refractivity contribution is -0.142. The summed E-state index contributed by atoms with van der Waals surface area (Å²) in [6.07, 6.45) is -3.09. The topological polar surface area (TPSA) is 86.3 Å². The number of methoxy groups -OCH3 is 1. The smallest absolute Gasteiger partial charge is 0.433 e. The summed E-state index contributed by atoms with van der Waals surface area (Å²) < 4.78 is 48.9. The largest absolute Gasteiger partial charge is 0.497 e. The predicted molar refractivity (Wildman–Crippen MR) is 114 cm³/mol. The van der Waals surface area contributed by atoms with E-state index in [1.54, 1.807) is 48.1 Å². The number of carbonyl (C=O) groups excluding carboxylic acids is 1. The van der Waals surface area contributed by atoms with E-state index >= 15 is 0 Å². The van der Waals surface area contributed by atoms with Crippen molar-refractivity contribution in [3.63, 3.8) is 0 Å². The molecule has 0 aliphatic rings. The Morgan fingerprint density at radius 2 is 1.91 bits per heavy atom. The van der Waals surface area contributed by atoms with Gasteiger partial charge in [-0.25, -0.2) is 9.50 Å². The van der Waals surface area contributed by atoms with Gasteiger partial charge < -0.3 is 10.1 Å². The van der Waals surface area contributed by atoms with E-state index in [-0.39, 0.29) is 17.0 Å². The van der Waals surface area contributed by atoms with Gasteiger partial charge in [-0.15, -0.1) is 0 Å². The molecule has 0 saturated heterocycles. The van der Waals surface area contributed by atoms with Crippen molar-refractivity contribution in [1.29, 1.82) is 0 Å². The fourth-order valence-electron chi connectivity index (χ4n) is 3.52. The summed E-state index contributed by atoms with van der Waals surface area (Å²) in [5.41, 5.74) is 0.0448. The number of benzene rings is 1. The summed E-state index contributed by atoms with van der Waals surface area (Å²) in [4.78, 5) is 17.1. The van der Waals surface area contributed by atoms with E-state index in [4.69, 9.17) is 4.74 Å². The molecule has 1 aromatic carbocycles. The summed E-state index contributed by atoms with van der Waals surface area (Å²) in [7, 11) is 1.50. The van der Waals surface area contributed by atoms with Gasteiger partial charge >= 0.3 is 6.18 Å². The predicted octanol–water partition coefficient (Wildman–Crippen LogP) is 4.13. The molecule has 0 saturated carbocycles. The van der Waals surface area contributed by atoms with Crippen molar-refractivity contribution in [3.05, 3.63) is 65.7 Å². The van der Waals surface area contributed by atoms with Crippen molar-refractivity contribution in [1.82, 2.24) is 29.7 Å². The fraction of sp³-hybridized carbons (Fsp3) is 0.273. The first-order valence-corrected chi connectivity index (χ1v) is 10.2. The molecule has 0 radical (unpaired) electrons. The van der Waals surface area contributed by atoms with Gasteiger partial charge in [0.2, 0.25) is 0 Å². The number of nitrogens with one attached hydrogen (secondary N) is 1. The number of halogens is 3. The number of ether oxygens (including phenoxy) is 1. The van der Waals surface area contributed by atoms with E-state index in [1.807, 2.05) is 6.92 Å². The van der Waals surface area contributed by atoms with Crippen LogP contribution in [-0.2, 0) is 12.7 Å². The van der Waals surface area contributed by atoms with E-state index in [0.29, 0.717) is 22.4 Å². The first kappa shape index (κ1) is 22.3. The molecule has 3 heterocycles. The van der Waals surface area contributed by atoms with Crippen LogP contribution in [0.15, 0.2) is 48.7 Å². The number of hydrogen-bond acceptors (Lipinski definition) is 5. The van der Waals surface area contributed by atoms with Crippen LogP contribution in [0.3, 0.4) is 0 Å². The van der Waals surface area contributed by atoms with E-state index < -0.39 is 23.8 Å². The third kappa shape index (κ3) is 4.38. The third-order valence-corrected chi connectivity index (χ3v) is 5.18. The average Bonchev–Trinajstić information content (AvgIpc) is 3.44. The van der Waals surface area contributed by atoms with Gasteiger partial charge in [0.1, 0.15) is 5.75 Å². The monoisotopic (exact) mass is 458 g/mol. The van der Waals surface area contributed by atoms with Crippen LogP contribution in [0.2, 0.25) is 0 Å². The molecule has 1 atom stereocenters. The molecule has 1 amide bonds. The lowest BCUT2D eigenvalue weighted by Gasteiger charge is -2.14. The second-order valence-corrected chi connectivity index (χ2v) is 7.32. The van der Waals surface area contributed by atoms with Gasteiger partial charge in [-0.2, -0.15) is 23.4 Å². The highest BCUT2D eigenvalue weighted by molar-refractivity contribution is 5.93. The maximum atomic E-state index is 13.8. The first-order valence-electron chi connectivity index (χ1n) is 10.2. The van der Waals surface area contributed by atoms with Crippen LogP contribution in [-0.4, -0.2) is 37.4 Å². The van der Waals surface area contributed by atoms with Crippen LogP contribution in [0.4, 0.5) is 13.2 Å². The third-order valence-electron chi connectivity index (χ3n) is 5.18. The molecule has 11 heteroatoms. The number of fused-ring (bicyclic) bond motifs is 1. The van der Waals surface area contributed by atoms with Crippen LogP contribution in [0, 0.1) is 0 Å². The van der Waals surface area contributed by atoms with Gasteiger partial charge in [0, 0.05) is 24.4 Å². The molecular weight excluding hydrogens is 437 g/mol. The van der Waals surface area contributed by atoms with Crippen molar-refractivity contribution < 1.29 is 22.7 Å². The van der Waals surface area contributed by atoms with E-state index in [0.717, 1.165) is 11.8 Å². The van der Waals surface area contributed by atoms with Gasteiger partial charge in [-0.3, -0.25) is 9.48 Å². The Kier molecular flexibility index (Phi) is 5.79. The second-order valence-electron chi connectivity index (χ2n) is 7.32. The summed E-state index contributed by atoms with van der Waals surface area (Å²) in [5, 5.41) is 10.8. The van der Waals surface area contributed by atoms with Crippen molar-refractivity contribution >= 4 is 11.6 Å². The molecule has 1 unspecified atom stereocenters. The maximum absolute atomic E-state index is 13.8. The molecule has 4 rings (SSSR count). The van der Waals surface area contributed by atoms with Gasteiger partial charge in [-0.05, 0) is 50.2 Å². The Hall–Kier alpha value is -3.89. The zero-order valence-electron chi connectivity index (χ0n) is 18.1. The van der Waals surface area contributed by atoms with Crippen LogP contribution >= 0.6 is 0 Å². The summed E-state index contributed by atoms with van der Waals surface area (Å²) in [6, 6.07) is 9.98. The minimum atomic E-state index is -4.71. The van der Waals surface area contributed by atoms with E-state index in [2.05, 4.69) is 20.5 Å². The number of nitrogens with zero attached hydrogens (tertiary/aromatic N) is 5. The van der Waals surface area contributed by atoms with Crippen molar-refractivity contribution in [2.75, 3.05) is 7.11 Å². The highest BCUT2D eigenvalue weighted by Gasteiger charge is 2.35. The average molecular weight is 458 g/mol. The molecular formula is C22H21F3N6O2. The Morgan fingerprint density at radius 1 is 1.18 bits per heavy atom. The van der Waals surface area contributed by atoms with Crippen molar-refractivity contribution in [2.24, 2.45) is 0 Å². The molecule has 0 bridgehead atoms. The number of aryl methyl sites for hydroxylation is 1. The molecule has 1 N–H and O–H groups in total. The molecule has 4 aromatic rings. The quantitative estimate of drug-likeness (QED) is 0.470.